The Labute approximate surface area is 164 Å². The summed E-state index contributed by atoms with van der Waals surface area (Å²) in [5, 5.41) is 3.53. The molecule has 0 aromatic carbocycles. The Morgan fingerprint density at radius 2 is 2.00 bits per heavy atom. The molecular weight excluding hydrogens is 358 g/mol. The van der Waals surface area contributed by atoms with E-state index in [9.17, 15) is 4.79 Å². The van der Waals surface area contributed by atoms with E-state index in [2.05, 4.69) is 25.2 Å². The van der Waals surface area contributed by atoms with Gasteiger partial charge in [0, 0.05) is 32.6 Å². The fourth-order valence-corrected chi connectivity index (χ4v) is 4.47. The molecule has 1 aliphatic carbocycles. The molecule has 2 aromatic rings. The van der Waals surface area contributed by atoms with E-state index < -0.39 is 5.97 Å². The van der Waals surface area contributed by atoms with Crippen LogP contribution < -0.4 is 10.2 Å². The first-order chi connectivity index (χ1) is 13.7. The second kappa shape index (κ2) is 8.10. The number of hydrogen-bond acceptors (Lipinski definition) is 8. The number of nitrogens with one attached hydrogen (secondary N) is 1. The van der Waals surface area contributed by atoms with Gasteiger partial charge in [0.1, 0.15) is 23.5 Å². The first kappa shape index (κ1) is 18.6. The number of nitrogens with zero attached hydrogens (tertiary/aromatic N) is 4. The highest BCUT2D eigenvalue weighted by molar-refractivity contribution is 5.94. The van der Waals surface area contributed by atoms with Gasteiger partial charge >= 0.3 is 5.97 Å². The maximum Gasteiger partial charge on any atom is 0.343 e. The van der Waals surface area contributed by atoms with Gasteiger partial charge in [-0.25, -0.2) is 19.7 Å². The van der Waals surface area contributed by atoms with Crippen LogP contribution in [0.2, 0.25) is 0 Å². The van der Waals surface area contributed by atoms with Gasteiger partial charge in [-0.05, 0) is 36.8 Å². The third-order valence-corrected chi connectivity index (χ3v) is 5.81. The molecule has 3 heterocycles. The molecule has 0 unspecified atom stereocenters. The number of pyridine rings is 1. The number of anilines is 2. The summed E-state index contributed by atoms with van der Waals surface area (Å²) in [6.07, 6.45) is 6.85. The van der Waals surface area contributed by atoms with Crippen molar-refractivity contribution in [3.05, 3.63) is 42.5 Å². The fourth-order valence-electron chi connectivity index (χ4n) is 4.47. The molecular formula is C20H25N5O3. The van der Waals surface area contributed by atoms with Crippen LogP contribution >= 0.6 is 0 Å². The van der Waals surface area contributed by atoms with Gasteiger partial charge in [0.25, 0.3) is 0 Å². The van der Waals surface area contributed by atoms with Crippen molar-refractivity contribution in [2.45, 2.75) is 25.0 Å². The molecule has 1 aliphatic heterocycles. The molecule has 28 heavy (non-hydrogen) atoms. The summed E-state index contributed by atoms with van der Waals surface area (Å²) in [5.41, 5.74) is 0.412. The first-order valence-corrected chi connectivity index (χ1v) is 9.53. The highest BCUT2D eigenvalue weighted by atomic mass is 16.5. The van der Waals surface area contributed by atoms with Crippen molar-refractivity contribution in [1.82, 2.24) is 15.0 Å². The monoisotopic (exact) mass is 383 g/mol. The van der Waals surface area contributed by atoms with Gasteiger partial charge in [0.2, 0.25) is 0 Å². The average molecular weight is 383 g/mol. The molecule has 0 amide bonds. The largest absolute Gasteiger partial charge is 0.465 e. The number of carbonyl (C=O) groups is 1. The quantitative estimate of drug-likeness (QED) is 0.784. The molecule has 1 saturated carbocycles. The van der Waals surface area contributed by atoms with Gasteiger partial charge in [0.15, 0.2) is 0 Å². The summed E-state index contributed by atoms with van der Waals surface area (Å²) in [6, 6.07) is 6.06. The average Bonchev–Trinajstić information content (AvgIpc) is 3.16. The SMILES string of the molecule is COC(=O)c1cncnc1N1C[C@H]2C[C@@H](Nc3ccccn3)[C@H](OC)C[C@H]2C1. The van der Waals surface area contributed by atoms with Crippen molar-refractivity contribution in [2.75, 3.05) is 37.5 Å². The first-order valence-electron chi connectivity index (χ1n) is 9.53. The minimum absolute atomic E-state index is 0.119. The molecule has 2 aromatic heterocycles. The summed E-state index contributed by atoms with van der Waals surface area (Å²) in [5.74, 6) is 2.10. The topological polar surface area (TPSA) is 89.5 Å². The van der Waals surface area contributed by atoms with E-state index >= 15 is 0 Å². The lowest BCUT2D eigenvalue weighted by Crippen LogP contribution is -2.44. The number of aromatic nitrogens is 3. The lowest BCUT2D eigenvalue weighted by molar-refractivity contribution is 0.0305. The van der Waals surface area contributed by atoms with Crippen molar-refractivity contribution in [2.24, 2.45) is 11.8 Å². The molecule has 8 heteroatoms. The molecule has 8 nitrogen and oxygen atoms in total. The van der Waals surface area contributed by atoms with Crippen LogP contribution in [0.5, 0.6) is 0 Å². The van der Waals surface area contributed by atoms with Gasteiger partial charge in [-0.3, -0.25) is 0 Å². The number of carbonyl (C=O) groups excluding carboxylic acids is 1. The van der Waals surface area contributed by atoms with Crippen molar-refractivity contribution in [3.63, 3.8) is 0 Å². The summed E-state index contributed by atoms with van der Waals surface area (Å²) in [6.45, 7) is 1.70. The van der Waals surface area contributed by atoms with E-state index in [1.807, 2.05) is 18.2 Å². The number of methoxy groups -OCH3 is 2. The molecule has 4 atom stereocenters. The normalized spacial score (nSPS) is 26.6. The highest BCUT2D eigenvalue weighted by Gasteiger charge is 2.43. The van der Waals surface area contributed by atoms with Gasteiger partial charge in [-0.15, -0.1) is 0 Å². The molecule has 2 fully saturated rings. The van der Waals surface area contributed by atoms with E-state index in [4.69, 9.17) is 9.47 Å². The fraction of sp³-hybridized carbons (Fsp3) is 0.500. The van der Waals surface area contributed by atoms with Crippen LogP contribution in [0.4, 0.5) is 11.6 Å². The second-order valence-corrected chi connectivity index (χ2v) is 7.39. The van der Waals surface area contributed by atoms with Crippen molar-refractivity contribution in [3.8, 4) is 0 Å². The Morgan fingerprint density at radius 1 is 1.18 bits per heavy atom. The standard InChI is InChI=1S/C20H25N5O3/c1-27-17-8-14-11-25(19-15(20(26)28-2)9-21-12-23-19)10-13(14)7-16(17)24-18-5-3-4-6-22-18/h3-6,9,12-14,16-17H,7-8,10-11H2,1-2H3,(H,22,24)/t13-,14+,16-,17-/m1/s1. The molecule has 4 rings (SSSR count). The van der Waals surface area contributed by atoms with E-state index in [-0.39, 0.29) is 12.1 Å². The second-order valence-electron chi connectivity index (χ2n) is 7.39. The molecule has 148 valence electrons. The van der Waals surface area contributed by atoms with Crippen LogP contribution in [0.15, 0.2) is 36.9 Å². The predicted octanol–water partition coefficient (Wildman–Crippen LogP) is 2.00. The minimum atomic E-state index is -0.407. The third-order valence-electron chi connectivity index (χ3n) is 5.81. The summed E-state index contributed by atoms with van der Waals surface area (Å²) >= 11 is 0. The maximum absolute atomic E-state index is 12.1. The van der Waals surface area contributed by atoms with Crippen LogP contribution in [0.3, 0.4) is 0 Å². The number of ether oxygens (including phenoxy) is 2. The van der Waals surface area contributed by atoms with Crippen molar-refractivity contribution >= 4 is 17.6 Å². The van der Waals surface area contributed by atoms with Crippen LogP contribution in [0.1, 0.15) is 23.2 Å². The number of esters is 1. The molecule has 0 spiro atoms. The third kappa shape index (κ3) is 3.64. The Hall–Kier alpha value is -2.74. The smallest absolute Gasteiger partial charge is 0.343 e. The molecule has 1 saturated heterocycles. The van der Waals surface area contributed by atoms with E-state index in [0.29, 0.717) is 23.2 Å². The maximum atomic E-state index is 12.1. The number of rotatable bonds is 5. The van der Waals surface area contributed by atoms with Gasteiger partial charge < -0.3 is 19.7 Å². The molecule has 2 aliphatic rings. The number of hydrogen-bond donors (Lipinski definition) is 1. The van der Waals surface area contributed by atoms with Gasteiger partial charge in [-0.1, -0.05) is 6.07 Å². The van der Waals surface area contributed by atoms with Gasteiger partial charge in [-0.2, -0.15) is 0 Å². The van der Waals surface area contributed by atoms with Crippen LogP contribution in [0.25, 0.3) is 0 Å². The molecule has 0 bridgehead atoms. The van der Waals surface area contributed by atoms with Crippen molar-refractivity contribution < 1.29 is 14.3 Å². The Morgan fingerprint density at radius 3 is 2.71 bits per heavy atom. The Kier molecular flexibility index (Phi) is 5.38. The van der Waals surface area contributed by atoms with Crippen LogP contribution in [-0.4, -0.2) is 60.4 Å². The van der Waals surface area contributed by atoms with Crippen molar-refractivity contribution in [1.29, 1.82) is 0 Å². The van der Waals surface area contributed by atoms with Crippen LogP contribution in [-0.2, 0) is 9.47 Å². The molecule has 0 radical (unpaired) electrons. The Balaban J connectivity index is 1.50. The number of fused-ring (bicyclic) bond motifs is 1. The zero-order chi connectivity index (χ0) is 19.5. The Bertz CT molecular complexity index is 818. The summed E-state index contributed by atoms with van der Waals surface area (Å²) in [4.78, 5) is 27.0. The molecule has 1 N–H and O–H groups in total. The van der Waals surface area contributed by atoms with Gasteiger partial charge in [0.05, 0.1) is 19.3 Å². The predicted molar refractivity (Wildman–Crippen MR) is 104 cm³/mol. The summed E-state index contributed by atoms with van der Waals surface area (Å²) in [7, 11) is 3.14. The van der Waals surface area contributed by atoms with E-state index in [1.54, 1.807) is 13.3 Å². The minimum Gasteiger partial charge on any atom is -0.465 e. The highest BCUT2D eigenvalue weighted by Crippen LogP contribution is 2.40. The van der Waals surface area contributed by atoms with E-state index in [0.717, 1.165) is 31.7 Å². The van der Waals surface area contributed by atoms with Crippen LogP contribution in [0, 0.1) is 11.8 Å². The summed E-state index contributed by atoms with van der Waals surface area (Å²) < 4.78 is 10.7. The van der Waals surface area contributed by atoms with E-state index in [1.165, 1.54) is 19.6 Å². The lowest BCUT2D eigenvalue weighted by Gasteiger charge is -2.37. The zero-order valence-electron chi connectivity index (χ0n) is 16.1. The lowest BCUT2D eigenvalue weighted by atomic mass is 9.77. The zero-order valence-corrected chi connectivity index (χ0v) is 16.1.